The molecule has 2 atom stereocenters. The van der Waals surface area contributed by atoms with Crippen molar-refractivity contribution in [3.05, 3.63) is 130 Å². The second-order valence-electron chi connectivity index (χ2n) is 7.12. The lowest BCUT2D eigenvalue weighted by atomic mass is 9.83. The minimum atomic E-state index is -0.832. The first kappa shape index (κ1) is 20.9. The number of nitrogens with zero attached hydrogens (tertiary/aromatic N) is 3. The predicted octanol–water partition coefficient (Wildman–Crippen LogP) is 5.20. The van der Waals surface area contributed by atoms with E-state index in [1.165, 1.54) is 6.07 Å². The Balaban J connectivity index is 1.91. The van der Waals surface area contributed by atoms with Crippen LogP contribution in [0.3, 0.4) is 0 Å². The summed E-state index contributed by atoms with van der Waals surface area (Å²) in [6, 6.07) is 25.2. The first-order valence-corrected chi connectivity index (χ1v) is 10.1. The Labute approximate surface area is 185 Å². The van der Waals surface area contributed by atoms with E-state index in [2.05, 4.69) is 15.3 Å². The van der Waals surface area contributed by atoms with Crippen LogP contribution >= 0.6 is 0 Å². The van der Waals surface area contributed by atoms with E-state index in [9.17, 15) is 14.9 Å². The van der Waals surface area contributed by atoms with E-state index in [-0.39, 0.29) is 11.5 Å². The summed E-state index contributed by atoms with van der Waals surface area (Å²) in [6.07, 6.45) is 3.23. The summed E-state index contributed by atoms with van der Waals surface area (Å²) in [4.78, 5) is 33.9. The zero-order chi connectivity index (χ0) is 22.3. The molecule has 4 rings (SSSR count). The van der Waals surface area contributed by atoms with Gasteiger partial charge in [-0.15, -0.1) is 0 Å². The smallest absolute Gasteiger partial charge is 0.274 e. The number of rotatable bonds is 8. The number of Topliss-reactive ketones (excluding diaryl/α,β-unsaturated/α-hetero) is 1. The van der Waals surface area contributed by atoms with Crippen molar-refractivity contribution in [2.45, 2.75) is 12.0 Å². The standard InChI is InChI=1S/C25H20N4O3/c30-25(18-10-2-1-3-11-18)23(20-13-6-8-16-26-20)24(28-22-15-7-9-17-27-22)19-12-4-5-14-21(19)29(31)32/h1-17,23-24H,(H,27,28). The van der Waals surface area contributed by atoms with Crippen LogP contribution in [0.2, 0.25) is 0 Å². The molecule has 2 aromatic carbocycles. The van der Waals surface area contributed by atoms with Gasteiger partial charge in [0, 0.05) is 24.0 Å². The van der Waals surface area contributed by atoms with Crippen LogP contribution in [0.25, 0.3) is 0 Å². The molecule has 7 heteroatoms. The minimum Gasteiger partial charge on any atom is -0.362 e. The lowest BCUT2D eigenvalue weighted by molar-refractivity contribution is -0.385. The number of carbonyl (C=O) groups excluding carboxylic acids is 1. The molecule has 1 N–H and O–H groups in total. The molecule has 0 saturated heterocycles. The summed E-state index contributed by atoms with van der Waals surface area (Å²) in [5.74, 6) is -0.532. The molecule has 158 valence electrons. The maximum absolute atomic E-state index is 13.8. The van der Waals surface area contributed by atoms with E-state index < -0.39 is 16.9 Å². The van der Waals surface area contributed by atoms with E-state index in [4.69, 9.17) is 0 Å². The number of nitro groups is 1. The molecule has 0 saturated carbocycles. The lowest BCUT2D eigenvalue weighted by Gasteiger charge is -2.27. The van der Waals surface area contributed by atoms with Crippen LogP contribution in [0.15, 0.2) is 103 Å². The van der Waals surface area contributed by atoms with E-state index >= 15 is 0 Å². The highest BCUT2D eigenvalue weighted by molar-refractivity contribution is 6.01. The van der Waals surface area contributed by atoms with Crippen molar-refractivity contribution in [2.75, 3.05) is 5.32 Å². The first-order chi connectivity index (χ1) is 15.6. The van der Waals surface area contributed by atoms with Crippen molar-refractivity contribution in [2.24, 2.45) is 0 Å². The number of nitro benzene ring substituents is 1. The highest BCUT2D eigenvalue weighted by atomic mass is 16.6. The second kappa shape index (κ2) is 9.61. The van der Waals surface area contributed by atoms with Gasteiger partial charge in [-0.1, -0.05) is 60.7 Å². The third kappa shape index (κ3) is 4.52. The summed E-state index contributed by atoms with van der Waals surface area (Å²) >= 11 is 0. The molecule has 32 heavy (non-hydrogen) atoms. The Hall–Kier alpha value is -4.39. The fourth-order valence-corrected chi connectivity index (χ4v) is 3.66. The van der Waals surface area contributed by atoms with Gasteiger partial charge in [0.05, 0.1) is 28.1 Å². The van der Waals surface area contributed by atoms with Crippen LogP contribution in [0.5, 0.6) is 0 Å². The zero-order valence-electron chi connectivity index (χ0n) is 17.0. The summed E-state index contributed by atoms with van der Waals surface area (Å²) in [5.41, 5.74) is 1.30. The molecule has 0 aliphatic rings. The third-order valence-electron chi connectivity index (χ3n) is 5.12. The van der Waals surface area contributed by atoms with Crippen LogP contribution < -0.4 is 5.32 Å². The fourth-order valence-electron chi connectivity index (χ4n) is 3.66. The van der Waals surface area contributed by atoms with Gasteiger partial charge in [-0.3, -0.25) is 19.9 Å². The molecule has 4 aromatic rings. The summed E-state index contributed by atoms with van der Waals surface area (Å²) < 4.78 is 0. The van der Waals surface area contributed by atoms with Crippen molar-refractivity contribution in [1.29, 1.82) is 0 Å². The van der Waals surface area contributed by atoms with Gasteiger partial charge in [0.2, 0.25) is 0 Å². The topological polar surface area (TPSA) is 98.0 Å². The van der Waals surface area contributed by atoms with Gasteiger partial charge in [0.25, 0.3) is 5.69 Å². The summed E-state index contributed by atoms with van der Waals surface area (Å²) in [5, 5.41) is 15.1. The minimum absolute atomic E-state index is 0.0808. The van der Waals surface area contributed by atoms with E-state index in [1.807, 2.05) is 6.07 Å². The van der Waals surface area contributed by atoms with Crippen LogP contribution in [-0.2, 0) is 0 Å². The van der Waals surface area contributed by atoms with Gasteiger partial charge in [-0.2, -0.15) is 0 Å². The molecular formula is C25H20N4O3. The Morgan fingerprint density at radius 2 is 1.47 bits per heavy atom. The quantitative estimate of drug-likeness (QED) is 0.237. The van der Waals surface area contributed by atoms with Crippen LogP contribution in [-0.4, -0.2) is 20.7 Å². The number of aromatic nitrogens is 2. The molecule has 2 unspecified atom stereocenters. The Bertz CT molecular complexity index is 1200. The fraction of sp³-hybridized carbons (Fsp3) is 0.0800. The Morgan fingerprint density at radius 3 is 2.12 bits per heavy atom. The van der Waals surface area contributed by atoms with Crippen molar-refractivity contribution < 1.29 is 9.72 Å². The van der Waals surface area contributed by atoms with Gasteiger partial charge in [-0.05, 0) is 24.3 Å². The maximum Gasteiger partial charge on any atom is 0.274 e. The average Bonchev–Trinajstić information content (AvgIpc) is 2.85. The summed E-state index contributed by atoms with van der Waals surface area (Å²) in [7, 11) is 0. The number of anilines is 1. The molecule has 7 nitrogen and oxygen atoms in total. The first-order valence-electron chi connectivity index (χ1n) is 10.1. The van der Waals surface area contributed by atoms with Gasteiger partial charge in [0.1, 0.15) is 5.82 Å². The lowest BCUT2D eigenvalue weighted by Crippen LogP contribution is -2.28. The number of pyridine rings is 2. The maximum atomic E-state index is 13.8. The largest absolute Gasteiger partial charge is 0.362 e. The van der Waals surface area contributed by atoms with Gasteiger partial charge < -0.3 is 5.32 Å². The zero-order valence-corrected chi connectivity index (χ0v) is 17.0. The molecule has 0 spiro atoms. The molecule has 0 amide bonds. The molecule has 0 bridgehead atoms. The Kier molecular flexibility index (Phi) is 6.27. The molecule has 2 heterocycles. The van der Waals surface area contributed by atoms with Crippen molar-refractivity contribution in [1.82, 2.24) is 9.97 Å². The molecule has 0 radical (unpaired) electrons. The number of benzene rings is 2. The van der Waals surface area contributed by atoms with Gasteiger partial charge in [0.15, 0.2) is 5.78 Å². The highest BCUT2D eigenvalue weighted by Gasteiger charge is 2.36. The monoisotopic (exact) mass is 424 g/mol. The van der Waals surface area contributed by atoms with Crippen LogP contribution in [0, 0.1) is 10.1 Å². The average molecular weight is 424 g/mol. The SMILES string of the molecule is O=C(c1ccccc1)C(c1ccccn1)C(Nc1ccccn1)c1ccccc1[N+](=O)[O-]. The van der Waals surface area contributed by atoms with Crippen molar-refractivity contribution in [3.8, 4) is 0 Å². The van der Waals surface area contributed by atoms with Crippen LogP contribution in [0.4, 0.5) is 11.5 Å². The Morgan fingerprint density at radius 1 is 0.812 bits per heavy atom. The number of ketones is 1. The number of nitrogens with one attached hydrogen (secondary N) is 1. The van der Waals surface area contributed by atoms with E-state index in [1.54, 1.807) is 91.3 Å². The molecule has 0 aliphatic heterocycles. The van der Waals surface area contributed by atoms with Crippen molar-refractivity contribution in [3.63, 3.8) is 0 Å². The van der Waals surface area contributed by atoms with Crippen molar-refractivity contribution >= 4 is 17.3 Å². The third-order valence-corrected chi connectivity index (χ3v) is 5.12. The highest BCUT2D eigenvalue weighted by Crippen LogP contribution is 2.39. The predicted molar refractivity (Wildman–Crippen MR) is 121 cm³/mol. The number of hydrogen-bond donors (Lipinski definition) is 1. The molecular weight excluding hydrogens is 404 g/mol. The van der Waals surface area contributed by atoms with Gasteiger partial charge >= 0.3 is 0 Å². The van der Waals surface area contributed by atoms with E-state index in [0.717, 1.165) is 0 Å². The van der Waals surface area contributed by atoms with E-state index in [0.29, 0.717) is 22.6 Å². The normalized spacial score (nSPS) is 12.5. The second-order valence-corrected chi connectivity index (χ2v) is 7.12. The number of carbonyl (C=O) groups is 1. The number of para-hydroxylation sites is 1. The molecule has 0 aliphatic carbocycles. The number of hydrogen-bond acceptors (Lipinski definition) is 6. The molecule has 2 aromatic heterocycles. The van der Waals surface area contributed by atoms with Crippen LogP contribution in [0.1, 0.15) is 33.6 Å². The molecule has 0 fully saturated rings. The summed E-state index contributed by atoms with van der Waals surface area (Å²) in [6.45, 7) is 0. The van der Waals surface area contributed by atoms with Gasteiger partial charge in [-0.25, -0.2) is 4.98 Å².